The smallest absolute Gasteiger partial charge is 0.296 e. The minimum atomic E-state index is -5.23. The topological polar surface area (TPSA) is 425 Å². The highest BCUT2D eigenvalue weighted by Gasteiger charge is 2.26. The number of nitrogen functional groups attached to an aromatic ring is 1. The van der Waals surface area contributed by atoms with Crippen molar-refractivity contribution in [2.24, 2.45) is 20.5 Å². The highest BCUT2D eigenvalue weighted by Crippen LogP contribution is 2.46. The third-order valence-electron chi connectivity index (χ3n) is 10.3. The van der Waals surface area contributed by atoms with E-state index in [0.29, 0.717) is 0 Å². The molecule has 0 spiro atoms. The molecule has 2 amide bonds. The van der Waals surface area contributed by atoms with Gasteiger partial charge in [0.15, 0.2) is 5.75 Å². The van der Waals surface area contributed by atoms with Gasteiger partial charge >= 0.3 is 0 Å². The molecule has 0 bridgehead atoms. The van der Waals surface area contributed by atoms with Gasteiger partial charge in [-0.25, -0.2) is 0 Å². The van der Waals surface area contributed by atoms with Crippen LogP contribution in [0, 0.1) is 0 Å². The number of carbonyl (C=O) groups excluding carboxylic acids is 2. The number of fused-ring (bicyclic) bond motifs is 1. The molecule has 6 aromatic rings. The number of halogens is 2. The number of benzene rings is 4. The summed E-state index contributed by atoms with van der Waals surface area (Å²) in [6, 6.07) is 7.93. The number of aromatic nitrogens is 6. The zero-order valence-corrected chi connectivity index (χ0v) is 41.8. The Balaban J connectivity index is 1.40. The van der Waals surface area contributed by atoms with Gasteiger partial charge in [0, 0.05) is 39.6 Å². The lowest BCUT2D eigenvalue weighted by atomic mass is 10.1. The molecule has 0 fully saturated rings. The maximum atomic E-state index is 12.7. The molecule has 6 rings (SSSR count). The van der Waals surface area contributed by atoms with E-state index >= 15 is 0 Å². The van der Waals surface area contributed by atoms with Crippen LogP contribution in [-0.4, -0.2) is 126 Å². The number of nitrogens with one attached hydrogen (secondary N) is 4. The lowest BCUT2D eigenvalue weighted by molar-refractivity contribution is -0.122. The van der Waals surface area contributed by atoms with Gasteiger partial charge in [-0.1, -0.05) is 6.07 Å². The molecule has 2 atom stereocenters. The normalized spacial score (nSPS) is 13.0. The molecule has 0 radical (unpaired) electrons. The summed E-state index contributed by atoms with van der Waals surface area (Å²) in [5.41, 5.74) is 3.33. The number of phenolic OH excluding ortho intramolecular Hbond substituents is 1. The lowest BCUT2D eigenvalue weighted by Gasteiger charge is -2.23. The fraction of sp³-hybridized carbons (Fsp3) is 0.211. The Morgan fingerprint density at radius 1 is 0.611 bits per heavy atom. The van der Waals surface area contributed by atoms with Gasteiger partial charge in [0.1, 0.15) is 49.5 Å². The first-order chi connectivity index (χ1) is 33.6. The number of azo groups is 2. The number of likely N-dealkylation sites (N-methyl/N-ethyl adjacent to an activating group) is 4. The summed E-state index contributed by atoms with van der Waals surface area (Å²) in [5.74, 6) is -2.01. The molecule has 0 aliphatic carbocycles. The van der Waals surface area contributed by atoms with Gasteiger partial charge in [-0.2, -0.15) is 55.2 Å². The summed E-state index contributed by atoms with van der Waals surface area (Å²) in [7, 11) is -9.37. The van der Waals surface area contributed by atoms with Crippen LogP contribution in [0.25, 0.3) is 10.8 Å². The second-order valence-corrected chi connectivity index (χ2v) is 19.7. The van der Waals surface area contributed by atoms with E-state index in [1.54, 1.807) is 13.8 Å². The number of nitrogens with zero attached hydrogens (tertiary/aromatic N) is 12. The van der Waals surface area contributed by atoms with Crippen molar-refractivity contribution in [2.45, 2.75) is 40.6 Å². The SMILES string of the molecule is CNC(=O)C(C)N(C)c1nc(Cl)nc(Nc2ccc(S(=O)(=O)O)c(N=Nc3ccc4cc(S(=O)(=O)O)c(N=Nc5cc(Nc6nc(Cl)nc(N(C)C(C)C(=O)NC)n6)ccc5S(=O)(=O)O)c(N)c4c3O)c2)n1. The van der Waals surface area contributed by atoms with Crippen LogP contribution in [0.1, 0.15) is 13.8 Å². The number of aromatic hydroxyl groups is 1. The van der Waals surface area contributed by atoms with Gasteiger partial charge in [-0.05, 0) is 91.0 Å². The molecule has 2 unspecified atom stereocenters. The van der Waals surface area contributed by atoms with Crippen molar-refractivity contribution in [1.82, 2.24) is 40.5 Å². The molecule has 380 valence electrons. The van der Waals surface area contributed by atoms with E-state index in [1.807, 2.05) is 0 Å². The Kier molecular flexibility index (Phi) is 15.7. The third kappa shape index (κ3) is 12.1. The zero-order chi connectivity index (χ0) is 53.2. The van der Waals surface area contributed by atoms with Crippen molar-refractivity contribution in [1.29, 1.82) is 0 Å². The molecule has 0 aliphatic rings. The average molecular weight is 1090 g/mol. The largest absolute Gasteiger partial charge is 0.505 e. The summed E-state index contributed by atoms with van der Waals surface area (Å²) < 4.78 is 106. The number of phenols is 1. The molecule has 2 aromatic heterocycles. The summed E-state index contributed by atoms with van der Waals surface area (Å²) in [6.45, 7) is 3.14. The van der Waals surface area contributed by atoms with Gasteiger partial charge in [0.2, 0.25) is 46.2 Å². The van der Waals surface area contributed by atoms with Crippen LogP contribution in [0.2, 0.25) is 10.6 Å². The van der Waals surface area contributed by atoms with Crippen LogP contribution in [-0.2, 0) is 39.9 Å². The third-order valence-corrected chi connectivity index (χ3v) is 13.3. The average Bonchev–Trinajstić information content (AvgIpc) is 3.30. The van der Waals surface area contributed by atoms with E-state index in [0.717, 1.165) is 42.5 Å². The number of rotatable bonds is 17. The molecule has 0 aliphatic heterocycles. The van der Waals surface area contributed by atoms with Gasteiger partial charge in [0.25, 0.3) is 30.4 Å². The Hall–Kier alpha value is -7.59. The first kappa shape index (κ1) is 53.8. The molecule has 29 nitrogen and oxygen atoms in total. The van der Waals surface area contributed by atoms with Crippen LogP contribution in [0.15, 0.2) is 89.7 Å². The van der Waals surface area contributed by atoms with Crippen LogP contribution >= 0.6 is 23.2 Å². The zero-order valence-electron chi connectivity index (χ0n) is 37.8. The van der Waals surface area contributed by atoms with Crippen molar-refractivity contribution in [3.05, 3.63) is 65.2 Å². The second kappa shape index (κ2) is 21.0. The highest BCUT2D eigenvalue weighted by atomic mass is 35.5. The van der Waals surface area contributed by atoms with Gasteiger partial charge in [-0.3, -0.25) is 23.2 Å². The van der Waals surface area contributed by atoms with Crippen LogP contribution in [0.4, 0.5) is 63.6 Å². The van der Waals surface area contributed by atoms with E-state index in [4.69, 9.17) is 28.9 Å². The summed E-state index contributed by atoms with van der Waals surface area (Å²) in [5, 5.41) is 36.5. The Morgan fingerprint density at radius 2 is 1.03 bits per heavy atom. The Morgan fingerprint density at radius 3 is 1.44 bits per heavy atom. The fourth-order valence-corrected chi connectivity index (χ4v) is 8.51. The molecule has 10 N–H and O–H groups in total. The van der Waals surface area contributed by atoms with E-state index < -0.39 is 91.3 Å². The van der Waals surface area contributed by atoms with Crippen molar-refractivity contribution < 1.29 is 53.6 Å². The quantitative estimate of drug-likeness (QED) is 0.0329. The summed E-state index contributed by atoms with van der Waals surface area (Å²) in [6.07, 6.45) is 0. The Labute approximate surface area is 418 Å². The van der Waals surface area contributed by atoms with Crippen LogP contribution in [0.3, 0.4) is 0 Å². The fourth-order valence-electron chi connectivity index (χ4n) is 6.32. The molecule has 0 saturated carbocycles. The first-order valence-electron chi connectivity index (χ1n) is 20.0. The molecular weight excluding hydrogens is 1050 g/mol. The molecule has 0 saturated heterocycles. The van der Waals surface area contributed by atoms with E-state index in [9.17, 15) is 53.6 Å². The summed E-state index contributed by atoms with van der Waals surface area (Å²) >= 11 is 12.3. The molecule has 34 heteroatoms. The highest BCUT2D eigenvalue weighted by molar-refractivity contribution is 7.86. The molecule has 72 heavy (non-hydrogen) atoms. The van der Waals surface area contributed by atoms with Crippen molar-refractivity contribution in [3.8, 4) is 5.75 Å². The minimum Gasteiger partial charge on any atom is -0.505 e. The first-order valence-corrected chi connectivity index (χ1v) is 25.1. The predicted molar refractivity (Wildman–Crippen MR) is 261 cm³/mol. The van der Waals surface area contributed by atoms with Crippen LogP contribution in [0.5, 0.6) is 5.75 Å². The van der Waals surface area contributed by atoms with Gasteiger partial charge in [0.05, 0.1) is 11.1 Å². The van der Waals surface area contributed by atoms with E-state index in [1.165, 1.54) is 50.1 Å². The number of amides is 2. The minimum absolute atomic E-state index is 0.0135. The maximum Gasteiger partial charge on any atom is 0.296 e. The van der Waals surface area contributed by atoms with Crippen molar-refractivity contribution in [2.75, 3.05) is 54.4 Å². The lowest BCUT2D eigenvalue weighted by Crippen LogP contribution is -2.42. The van der Waals surface area contributed by atoms with E-state index in [-0.39, 0.29) is 68.3 Å². The number of carbonyl (C=O) groups is 2. The maximum absolute atomic E-state index is 12.7. The standard InChI is InChI=1S/C38H39Cl2N17O12S3/c1-16(31(59)42-3)56(5)37-48-33(39)46-35(50-37)44-19-8-11-24(70(61,62)63)22(14-19)53-52-21-10-7-18-13-26(72(67,68)69)29(28(41)27(18)30(21)58)55-54-23-15-20(9-12-25(23)71(64,65)66)45-36-47-34(40)49-38(51-36)57(6)17(2)32(60)43-4/h7-17,58H,41H2,1-6H3,(H,42,59)(H,43,60)(H,61,62,63)(H,64,65,66)(H,67,68,69)(H,44,46,48,50)(H,45,47,49,51). The van der Waals surface area contributed by atoms with Gasteiger partial charge < -0.3 is 41.9 Å². The number of hydrogen-bond acceptors (Lipinski definition) is 24. The molecule has 2 heterocycles. The monoisotopic (exact) mass is 1090 g/mol. The predicted octanol–water partition coefficient (Wildman–Crippen LogP) is 5.00. The molecular formula is C38H39Cl2N17O12S3. The second-order valence-electron chi connectivity index (χ2n) is 14.9. The Bertz CT molecular complexity index is 3580. The van der Waals surface area contributed by atoms with E-state index in [2.05, 4.69) is 71.6 Å². The number of hydrogen-bond donors (Lipinski definition) is 9. The van der Waals surface area contributed by atoms with Gasteiger partial charge in [-0.15, -0.1) is 20.5 Å². The van der Waals surface area contributed by atoms with Crippen LogP contribution < -0.4 is 36.8 Å². The van der Waals surface area contributed by atoms with Crippen molar-refractivity contribution >= 4 is 140 Å². The summed E-state index contributed by atoms with van der Waals surface area (Å²) in [4.78, 5) is 49.2. The number of anilines is 7. The number of nitrogens with two attached hydrogens (primary N) is 1. The van der Waals surface area contributed by atoms with Crippen molar-refractivity contribution in [3.63, 3.8) is 0 Å². The molecule has 4 aromatic carbocycles.